The first-order valence-electron chi connectivity index (χ1n) is 8.87. The van der Waals surface area contributed by atoms with Gasteiger partial charge < -0.3 is 9.80 Å². The quantitative estimate of drug-likeness (QED) is 0.696. The van der Waals surface area contributed by atoms with Crippen LogP contribution in [0.4, 0.5) is 5.69 Å². The second-order valence-electron chi connectivity index (χ2n) is 7.25. The van der Waals surface area contributed by atoms with Crippen molar-refractivity contribution in [1.29, 1.82) is 0 Å². The molecule has 0 spiro atoms. The highest BCUT2D eigenvalue weighted by atomic mass is 15.4. The fourth-order valence-corrected chi connectivity index (χ4v) is 3.56. The number of rotatable bonds is 4. The second kappa shape index (κ2) is 6.72. The standard InChI is InChI=1S/C22H28N2/c1-16(2)19-12-9-13-20(17(3)4)21(19)24-15-14-23(5)22(24)18-10-7-6-8-11-18/h6-17,22H,1-5H3. The van der Waals surface area contributed by atoms with Crippen LogP contribution in [0.3, 0.4) is 0 Å². The summed E-state index contributed by atoms with van der Waals surface area (Å²) in [6.45, 7) is 9.13. The molecule has 2 aromatic carbocycles. The minimum atomic E-state index is 0.212. The lowest BCUT2D eigenvalue weighted by molar-refractivity contribution is 0.367. The SMILES string of the molecule is CC(C)c1cccc(C(C)C)c1N1C=CN(C)C1c1ccccc1. The van der Waals surface area contributed by atoms with E-state index >= 15 is 0 Å². The Morgan fingerprint density at radius 2 is 1.33 bits per heavy atom. The smallest absolute Gasteiger partial charge is 0.131 e. The van der Waals surface area contributed by atoms with Gasteiger partial charge in [0.1, 0.15) is 6.17 Å². The Kier molecular flexibility index (Phi) is 4.66. The van der Waals surface area contributed by atoms with E-state index in [4.69, 9.17) is 0 Å². The van der Waals surface area contributed by atoms with E-state index in [0.717, 1.165) is 0 Å². The molecule has 2 nitrogen and oxygen atoms in total. The van der Waals surface area contributed by atoms with Gasteiger partial charge in [0.15, 0.2) is 0 Å². The molecule has 1 atom stereocenters. The fraction of sp³-hybridized carbons (Fsp3) is 0.364. The van der Waals surface area contributed by atoms with Gasteiger partial charge in [-0.05, 0) is 28.5 Å². The Morgan fingerprint density at radius 3 is 1.88 bits per heavy atom. The van der Waals surface area contributed by atoms with Gasteiger partial charge >= 0.3 is 0 Å². The van der Waals surface area contributed by atoms with Crippen molar-refractivity contribution in [1.82, 2.24) is 4.90 Å². The lowest BCUT2D eigenvalue weighted by Gasteiger charge is -2.35. The molecule has 0 amide bonds. The average molecular weight is 320 g/mol. The Balaban J connectivity index is 2.15. The van der Waals surface area contributed by atoms with Gasteiger partial charge in [-0.2, -0.15) is 0 Å². The van der Waals surface area contributed by atoms with Crippen molar-refractivity contribution in [2.24, 2.45) is 0 Å². The monoisotopic (exact) mass is 320 g/mol. The molecule has 0 aromatic heterocycles. The van der Waals surface area contributed by atoms with Crippen LogP contribution in [0.2, 0.25) is 0 Å². The van der Waals surface area contributed by atoms with Crippen molar-refractivity contribution in [3.05, 3.63) is 77.6 Å². The van der Waals surface area contributed by atoms with Crippen LogP contribution in [0.15, 0.2) is 60.9 Å². The predicted molar refractivity (Wildman–Crippen MR) is 103 cm³/mol. The zero-order valence-corrected chi connectivity index (χ0v) is 15.4. The zero-order valence-electron chi connectivity index (χ0n) is 15.4. The van der Waals surface area contributed by atoms with E-state index in [1.54, 1.807) is 0 Å². The molecule has 0 radical (unpaired) electrons. The third-order valence-electron chi connectivity index (χ3n) is 4.81. The molecule has 0 N–H and O–H groups in total. The van der Waals surface area contributed by atoms with Gasteiger partial charge in [0.2, 0.25) is 0 Å². The third-order valence-corrected chi connectivity index (χ3v) is 4.81. The van der Waals surface area contributed by atoms with Gasteiger partial charge in [0, 0.05) is 25.1 Å². The van der Waals surface area contributed by atoms with E-state index in [1.807, 2.05) is 0 Å². The summed E-state index contributed by atoms with van der Waals surface area (Å²) < 4.78 is 0. The molecule has 0 bridgehead atoms. The molecule has 1 aliphatic heterocycles. The summed E-state index contributed by atoms with van der Waals surface area (Å²) >= 11 is 0. The minimum Gasteiger partial charge on any atom is -0.355 e. The van der Waals surface area contributed by atoms with Crippen molar-refractivity contribution in [3.8, 4) is 0 Å². The number of nitrogens with zero attached hydrogens (tertiary/aromatic N) is 2. The van der Waals surface area contributed by atoms with Crippen LogP contribution in [0, 0.1) is 0 Å². The molecule has 24 heavy (non-hydrogen) atoms. The maximum atomic E-state index is 2.44. The summed E-state index contributed by atoms with van der Waals surface area (Å²) in [6.07, 6.45) is 4.62. The summed E-state index contributed by atoms with van der Waals surface area (Å²) in [7, 11) is 2.15. The number of hydrogen-bond acceptors (Lipinski definition) is 2. The maximum absolute atomic E-state index is 2.44. The summed E-state index contributed by atoms with van der Waals surface area (Å²) in [6, 6.07) is 17.5. The van der Waals surface area contributed by atoms with Crippen LogP contribution in [-0.2, 0) is 0 Å². The van der Waals surface area contributed by atoms with Crippen molar-refractivity contribution in [2.75, 3.05) is 11.9 Å². The molecule has 0 saturated carbocycles. The molecule has 0 aliphatic carbocycles. The maximum Gasteiger partial charge on any atom is 0.131 e. The minimum absolute atomic E-state index is 0.212. The van der Waals surface area contributed by atoms with Crippen LogP contribution in [0.1, 0.15) is 62.4 Å². The van der Waals surface area contributed by atoms with Gasteiger partial charge in [-0.3, -0.25) is 0 Å². The number of anilines is 1. The van der Waals surface area contributed by atoms with E-state index in [2.05, 4.69) is 105 Å². The Hall–Kier alpha value is -2.22. The normalized spacial score (nSPS) is 17.4. The molecule has 1 unspecified atom stereocenters. The molecular weight excluding hydrogens is 292 g/mol. The molecule has 3 rings (SSSR count). The first-order valence-corrected chi connectivity index (χ1v) is 8.87. The predicted octanol–water partition coefficient (Wildman–Crippen LogP) is 5.86. The molecule has 2 aromatic rings. The molecule has 1 aliphatic rings. The molecular formula is C22H28N2. The highest BCUT2D eigenvalue weighted by Gasteiger charge is 2.30. The summed E-state index contributed by atoms with van der Waals surface area (Å²) in [4.78, 5) is 4.73. The molecule has 0 fully saturated rings. The largest absolute Gasteiger partial charge is 0.355 e. The third kappa shape index (κ3) is 2.93. The fourth-order valence-electron chi connectivity index (χ4n) is 3.56. The van der Waals surface area contributed by atoms with Crippen LogP contribution < -0.4 is 4.90 Å². The molecule has 0 saturated heterocycles. The van der Waals surface area contributed by atoms with E-state index in [1.165, 1.54) is 22.4 Å². The van der Waals surface area contributed by atoms with Crippen molar-refractivity contribution >= 4 is 5.69 Å². The Morgan fingerprint density at radius 1 is 0.750 bits per heavy atom. The highest BCUT2D eigenvalue weighted by Crippen LogP contribution is 2.42. The van der Waals surface area contributed by atoms with Crippen LogP contribution >= 0.6 is 0 Å². The first kappa shape index (κ1) is 16.6. The van der Waals surface area contributed by atoms with Gasteiger partial charge in [-0.15, -0.1) is 0 Å². The molecule has 1 heterocycles. The van der Waals surface area contributed by atoms with Crippen molar-refractivity contribution < 1.29 is 0 Å². The van der Waals surface area contributed by atoms with Gasteiger partial charge in [-0.25, -0.2) is 0 Å². The Labute approximate surface area is 146 Å². The average Bonchev–Trinajstić information content (AvgIpc) is 2.96. The van der Waals surface area contributed by atoms with Crippen LogP contribution in [0.5, 0.6) is 0 Å². The number of benzene rings is 2. The van der Waals surface area contributed by atoms with E-state index in [9.17, 15) is 0 Å². The summed E-state index contributed by atoms with van der Waals surface area (Å²) in [5.74, 6) is 0.990. The number of para-hydroxylation sites is 1. The summed E-state index contributed by atoms with van der Waals surface area (Å²) in [5.41, 5.74) is 5.53. The highest BCUT2D eigenvalue weighted by molar-refractivity contribution is 5.65. The molecule has 126 valence electrons. The van der Waals surface area contributed by atoms with Gasteiger partial charge in [-0.1, -0.05) is 76.2 Å². The van der Waals surface area contributed by atoms with E-state index < -0.39 is 0 Å². The van der Waals surface area contributed by atoms with Crippen LogP contribution in [-0.4, -0.2) is 11.9 Å². The molecule has 2 heteroatoms. The van der Waals surface area contributed by atoms with E-state index in [0.29, 0.717) is 11.8 Å². The topological polar surface area (TPSA) is 6.48 Å². The van der Waals surface area contributed by atoms with Crippen LogP contribution in [0.25, 0.3) is 0 Å². The number of hydrogen-bond donors (Lipinski definition) is 0. The van der Waals surface area contributed by atoms with Gasteiger partial charge in [0.25, 0.3) is 0 Å². The lowest BCUT2D eigenvalue weighted by Crippen LogP contribution is -2.29. The van der Waals surface area contributed by atoms with Crippen molar-refractivity contribution in [3.63, 3.8) is 0 Å². The summed E-state index contributed by atoms with van der Waals surface area (Å²) in [5, 5.41) is 0. The zero-order chi connectivity index (χ0) is 17.3. The van der Waals surface area contributed by atoms with Gasteiger partial charge in [0.05, 0.1) is 0 Å². The van der Waals surface area contributed by atoms with E-state index in [-0.39, 0.29) is 6.17 Å². The first-order chi connectivity index (χ1) is 11.5. The lowest BCUT2D eigenvalue weighted by atomic mass is 9.91. The second-order valence-corrected chi connectivity index (χ2v) is 7.25. The van der Waals surface area contributed by atoms with Crippen molar-refractivity contribution in [2.45, 2.75) is 45.7 Å². The Bertz CT molecular complexity index is 690.